The lowest BCUT2D eigenvalue weighted by atomic mass is 9.98. The predicted octanol–water partition coefficient (Wildman–Crippen LogP) is 2.86. The van der Waals surface area contributed by atoms with Gasteiger partial charge in [-0.15, -0.1) is 0 Å². The highest BCUT2D eigenvalue weighted by Gasteiger charge is 2.08. The quantitative estimate of drug-likeness (QED) is 0.774. The van der Waals surface area contributed by atoms with Crippen LogP contribution in [0.5, 0.6) is 0 Å². The fraction of sp³-hybridized carbons (Fsp3) is 0.500. The van der Waals surface area contributed by atoms with E-state index in [9.17, 15) is 4.79 Å². The zero-order chi connectivity index (χ0) is 12.1. The van der Waals surface area contributed by atoms with Gasteiger partial charge < -0.3 is 5.73 Å². The van der Waals surface area contributed by atoms with Crippen LogP contribution in [0.1, 0.15) is 41.3 Å². The Morgan fingerprint density at radius 1 is 1.31 bits per heavy atom. The molecule has 0 aliphatic rings. The third-order valence-electron chi connectivity index (χ3n) is 3.10. The van der Waals surface area contributed by atoms with Gasteiger partial charge in [-0.05, 0) is 49.9 Å². The van der Waals surface area contributed by atoms with Crippen LogP contribution in [-0.4, -0.2) is 12.3 Å². The van der Waals surface area contributed by atoms with Gasteiger partial charge in [0.2, 0.25) is 0 Å². The molecule has 0 amide bonds. The van der Waals surface area contributed by atoms with E-state index in [0.717, 1.165) is 12.0 Å². The van der Waals surface area contributed by atoms with E-state index in [2.05, 4.69) is 13.8 Å². The van der Waals surface area contributed by atoms with E-state index in [1.807, 2.05) is 25.1 Å². The van der Waals surface area contributed by atoms with Crippen molar-refractivity contribution < 1.29 is 4.79 Å². The van der Waals surface area contributed by atoms with Gasteiger partial charge in [0.1, 0.15) is 0 Å². The zero-order valence-corrected chi connectivity index (χ0v) is 10.4. The third kappa shape index (κ3) is 3.46. The number of carbonyl (C=O) groups excluding carboxylic acids is 1. The summed E-state index contributed by atoms with van der Waals surface area (Å²) < 4.78 is 0. The molecule has 0 aliphatic heterocycles. The Labute approximate surface area is 97.9 Å². The van der Waals surface area contributed by atoms with E-state index in [-0.39, 0.29) is 5.78 Å². The van der Waals surface area contributed by atoms with Gasteiger partial charge in [-0.2, -0.15) is 0 Å². The second kappa shape index (κ2) is 5.80. The predicted molar refractivity (Wildman–Crippen MR) is 67.7 cm³/mol. The summed E-state index contributed by atoms with van der Waals surface area (Å²) in [5.41, 5.74) is 8.76. The van der Waals surface area contributed by atoms with Gasteiger partial charge in [0.15, 0.2) is 5.78 Å². The number of Topliss-reactive ketones (excluding diaryl/α,β-unsaturated/α-hetero) is 1. The molecule has 0 radical (unpaired) electrons. The van der Waals surface area contributed by atoms with Crippen LogP contribution >= 0.6 is 0 Å². The standard InChI is InChI=1S/C14H21NO/c1-10(9-15)4-7-14(16)13-6-5-11(2)12(3)8-13/h5-6,8,10H,4,7,9,15H2,1-3H3. The van der Waals surface area contributed by atoms with Crippen LogP contribution in [0.15, 0.2) is 18.2 Å². The summed E-state index contributed by atoms with van der Waals surface area (Å²) in [6.45, 7) is 6.82. The van der Waals surface area contributed by atoms with Crippen molar-refractivity contribution in [1.29, 1.82) is 0 Å². The first-order valence-electron chi connectivity index (χ1n) is 5.85. The van der Waals surface area contributed by atoms with Crippen molar-refractivity contribution in [3.05, 3.63) is 34.9 Å². The van der Waals surface area contributed by atoms with Crippen molar-refractivity contribution in [1.82, 2.24) is 0 Å². The summed E-state index contributed by atoms with van der Waals surface area (Å²) in [6, 6.07) is 5.90. The van der Waals surface area contributed by atoms with E-state index in [1.165, 1.54) is 11.1 Å². The highest BCUT2D eigenvalue weighted by atomic mass is 16.1. The SMILES string of the molecule is Cc1ccc(C(=O)CCC(C)CN)cc1C. The topological polar surface area (TPSA) is 43.1 Å². The number of carbonyl (C=O) groups is 1. The van der Waals surface area contributed by atoms with E-state index in [0.29, 0.717) is 18.9 Å². The summed E-state index contributed by atoms with van der Waals surface area (Å²) >= 11 is 0. The molecule has 1 aromatic rings. The number of hydrogen-bond donors (Lipinski definition) is 1. The highest BCUT2D eigenvalue weighted by Crippen LogP contribution is 2.14. The fourth-order valence-corrected chi connectivity index (χ4v) is 1.55. The summed E-state index contributed by atoms with van der Waals surface area (Å²) in [4.78, 5) is 11.9. The summed E-state index contributed by atoms with van der Waals surface area (Å²) in [6.07, 6.45) is 1.48. The third-order valence-corrected chi connectivity index (χ3v) is 3.10. The molecule has 1 rings (SSSR count). The molecule has 0 aromatic heterocycles. The lowest BCUT2D eigenvalue weighted by Gasteiger charge is -2.08. The Morgan fingerprint density at radius 3 is 2.56 bits per heavy atom. The molecule has 0 heterocycles. The monoisotopic (exact) mass is 219 g/mol. The number of benzene rings is 1. The van der Waals surface area contributed by atoms with Crippen LogP contribution in [0.3, 0.4) is 0 Å². The van der Waals surface area contributed by atoms with Crippen molar-refractivity contribution in [3.8, 4) is 0 Å². The Kier molecular flexibility index (Phi) is 4.69. The minimum Gasteiger partial charge on any atom is -0.330 e. The largest absolute Gasteiger partial charge is 0.330 e. The Hall–Kier alpha value is -1.15. The first kappa shape index (κ1) is 12.9. The summed E-state index contributed by atoms with van der Waals surface area (Å²) in [5, 5.41) is 0. The summed E-state index contributed by atoms with van der Waals surface area (Å²) in [5.74, 6) is 0.652. The molecule has 0 fully saturated rings. The molecule has 16 heavy (non-hydrogen) atoms. The van der Waals surface area contributed by atoms with Gasteiger partial charge in [0, 0.05) is 12.0 Å². The fourth-order valence-electron chi connectivity index (χ4n) is 1.55. The second-order valence-corrected chi connectivity index (χ2v) is 4.60. The Morgan fingerprint density at radius 2 is 2.00 bits per heavy atom. The van der Waals surface area contributed by atoms with Gasteiger partial charge in [-0.1, -0.05) is 19.1 Å². The zero-order valence-electron chi connectivity index (χ0n) is 10.4. The van der Waals surface area contributed by atoms with Crippen LogP contribution in [0.2, 0.25) is 0 Å². The molecule has 0 spiro atoms. The molecule has 0 saturated carbocycles. The maximum absolute atomic E-state index is 11.9. The smallest absolute Gasteiger partial charge is 0.162 e. The first-order chi connectivity index (χ1) is 7.54. The highest BCUT2D eigenvalue weighted by molar-refractivity contribution is 5.96. The van der Waals surface area contributed by atoms with E-state index in [1.54, 1.807) is 0 Å². The van der Waals surface area contributed by atoms with E-state index in [4.69, 9.17) is 5.73 Å². The van der Waals surface area contributed by atoms with Crippen molar-refractivity contribution in [2.45, 2.75) is 33.6 Å². The molecular weight excluding hydrogens is 198 g/mol. The number of ketones is 1. The Bertz CT molecular complexity index is 371. The minimum atomic E-state index is 0.225. The van der Waals surface area contributed by atoms with Crippen molar-refractivity contribution in [2.75, 3.05) is 6.54 Å². The second-order valence-electron chi connectivity index (χ2n) is 4.60. The van der Waals surface area contributed by atoms with Crippen LogP contribution in [0, 0.1) is 19.8 Å². The van der Waals surface area contributed by atoms with E-state index < -0.39 is 0 Å². The normalized spacial score (nSPS) is 12.5. The van der Waals surface area contributed by atoms with Crippen LogP contribution in [0.25, 0.3) is 0 Å². The van der Waals surface area contributed by atoms with Crippen LogP contribution in [0.4, 0.5) is 0 Å². The lowest BCUT2D eigenvalue weighted by molar-refractivity contribution is 0.0975. The molecule has 0 aliphatic carbocycles. The van der Waals surface area contributed by atoms with Gasteiger partial charge in [0.25, 0.3) is 0 Å². The minimum absolute atomic E-state index is 0.225. The summed E-state index contributed by atoms with van der Waals surface area (Å²) in [7, 11) is 0. The molecular formula is C14H21NO. The van der Waals surface area contributed by atoms with Crippen molar-refractivity contribution in [3.63, 3.8) is 0 Å². The van der Waals surface area contributed by atoms with Crippen molar-refractivity contribution in [2.24, 2.45) is 11.7 Å². The van der Waals surface area contributed by atoms with Crippen LogP contribution < -0.4 is 5.73 Å². The molecule has 2 nitrogen and oxygen atoms in total. The molecule has 0 saturated heterocycles. The molecule has 1 atom stereocenters. The number of rotatable bonds is 5. The molecule has 1 unspecified atom stereocenters. The number of hydrogen-bond acceptors (Lipinski definition) is 2. The number of nitrogens with two attached hydrogens (primary N) is 1. The maximum atomic E-state index is 11.9. The molecule has 0 bridgehead atoms. The van der Waals surface area contributed by atoms with Gasteiger partial charge in [-0.3, -0.25) is 4.79 Å². The average Bonchev–Trinajstić information content (AvgIpc) is 2.29. The van der Waals surface area contributed by atoms with E-state index >= 15 is 0 Å². The molecule has 2 heteroatoms. The van der Waals surface area contributed by atoms with Crippen molar-refractivity contribution >= 4 is 5.78 Å². The maximum Gasteiger partial charge on any atom is 0.162 e. The van der Waals surface area contributed by atoms with Gasteiger partial charge in [0.05, 0.1) is 0 Å². The van der Waals surface area contributed by atoms with Gasteiger partial charge in [-0.25, -0.2) is 0 Å². The molecule has 2 N–H and O–H groups in total. The van der Waals surface area contributed by atoms with Gasteiger partial charge >= 0.3 is 0 Å². The first-order valence-corrected chi connectivity index (χ1v) is 5.85. The number of aryl methyl sites for hydroxylation is 2. The molecule has 88 valence electrons. The average molecular weight is 219 g/mol. The lowest BCUT2D eigenvalue weighted by Crippen LogP contribution is -2.12. The van der Waals surface area contributed by atoms with Crippen LogP contribution in [-0.2, 0) is 0 Å². The molecule has 1 aromatic carbocycles. The Balaban J connectivity index is 2.63.